The molecule has 1 heterocycles. The molecule has 1 aliphatic carbocycles. The fourth-order valence-electron chi connectivity index (χ4n) is 3.02. The van der Waals surface area contributed by atoms with Crippen molar-refractivity contribution in [2.24, 2.45) is 5.92 Å². The van der Waals surface area contributed by atoms with Gasteiger partial charge in [-0.05, 0) is 33.6 Å². The van der Waals surface area contributed by atoms with Gasteiger partial charge in [0.1, 0.15) is 5.82 Å². The molecule has 1 aromatic rings. The highest BCUT2D eigenvalue weighted by Gasteiger charge is 2.22. The molecule has 0 spiro atoms. The van der Waals surface area contributed by atoms with Gasteiger partial charge >= 0.3 is 0 Å². The third kappa shape index (κ3) is 3.37. The second-order valence-corrected chi connectivity index (χ2v) is 5.80. The van der Waals surface area contributed by atoms with Crippen molar-refractivity contribution in [3.05, 3.63) is 17.7 Å². The Morgan fingerprint density at radius 2 is 2.16 bits per heavy atom. The van der Waals surface area contributed by atoms with E-state index < -0.39 is 0 Å². The molecule has 0 aliphatic heterocycles. The first-order valence-electron chi connectivity index (χ1n) is 7.40. The van der Waals surface area contributed by atoms with Gasteiger partial charge in [-0.15, -0.1) is 0 Å². The van der Waals surface area contributed by atoms with E-state index in [4.69, 9.17) is 0 Å². The summed E-state index contributed by atoms with van der Waals surface area (Å²) < 4.78 is 2.24. The van der Waals surface area contributed by atoms with E-state index in [-0.39, 0.29) is 11.8 Å². The SMILES string of the molecule is Cc1cnc(CCNC(=O)C2CCCC2)n1C(C)C. The van der Waals surface area contributed by atoms with Gasteiger partial charge in [0.15, 0.2) is 0 Å². The van der Waals surface area contributed by atoms with E-state index >= 15 is 0 Å². The van der Waals surface area contributed by atoms with Crippen molar-refractivity contribution in [2.45, 2.75) is 58.9 Å². The molecule has 1 aliphatic rings. The molecular weight excluding hydrogens is 238 g/mol. The Balaban J connectivity index is 1.84. The first kappa shape index (κ1) is 14.1. The molecule has 0 unspecified atom stereocenters. The minimum atomic E-state index is 0.233. The number of nitrogens with zero attached hydrogens (tertiary/aromatic N) is 2. The third-order valence-electron chi connectivity index (χ3n) is 3.95. The molecule has 4 heteroatoms. The molecule has 0 bridgehead atoms. The zero-order valence-electron chi connectivity index (χ0n) is 12.3. The predicted octanol–water partition coefficient (Wildman–Crippen LogP) is 2.62. The van der Waals surface area contributed by atoms with Crippen LogP contribution in [0.5, 0.6) is 0 Å². The summed E-state index contributed by atoms with van der Waals surface area (Å²) in [5.74, 6) is 1.56. The molecule has 0 radical (unpaired) electrons. The first-order valence-corrected chi connectivity index (χ1v) is 7.40. The minimum Gasteiger partial charge on any atom is -0.355 e. The average molecular weight is 263 g/mol. The van der Waals surface area contributed by atoms with E-state index in [0.717, 1.165) is 25.1 Å². The molecule has 4 nitrogen and oxygen atoms in total. The standard InChI is InChI=1S/C15H25N3O/c1-11(2)18-12(3)10-17-14(18)8-9-16-15(19)13-6-4-5-7-13/h10-11,13H,4-9H2,1-3H3,(H,16,19). The van der Waals surface area contributed by atoms with Crippen LogP contribution in [0.25, 0.3) is 0 Å². The number of hydrogen-bond acceptors (Lipinski definition) is 2. The second-order valence-electron chi connectivity index (χ2n) is 5.80. The summed E-state index contributed by atoms with van der Waals surface area (Å²) in [5.41, 5.74) is 1.19. The van der Waals surface area contributed by atoms with Crippen LogP contribution in [0, 0.1) is 12.8 Å². The van der Waals surface area contributed by atoms with Crippen molar-refractivity contribution in [2.75, 3.05) is 6.54 Å². The Morgan fingerprint density at radius 1 is 1.47 bits per heavy atom. The van der Waals surface area contributed by atoms with Crippen LogP contribution in [0.2, 0.25) is 0 Å². The Bertz CT molecular complexity index is 431. The molecule has 2 rings (SSSR count). The lowest BCUT2D eigenvalue weighted by atomic mass is 10.1. The molecule has 0 aromatic carbocycles. The molecule has 1 aromatic heterocycles. The van der Waals surface area contributed by atoms with E-state index in [9.17, 15) is 4.79 Å². The normalized spacial score (nSPS) is 16.2. The van der Waals surface area contributed by atoms with E-state index in [1.165, 1.54) is 18.5 Å². The Hall–Kier alpha value is -1.32. The number of hydrogen-bond donors (Lipinski definition) is 1. The van der Waals surface area contributed by atoms with Crippen molar-refractivity contribution in [1.29, 1.82) is 0 Å². The minimum absolute atomic E-state index is 0.233. The Kier molecular flexibility index (Phi) is 4.61. The maximum Gasteiger partial charge on any atom is 0.223 e. The van der Waals surface area contributed by atoms with Gasteiger partial charge in [0.25, 0.3) is 0 Å². The number of amides is 1. The van der Waals surface area contributed by atoms with Crippen molar-refractivity contribution in [1.82, 2.24) is 14.9 Å². The smallest absolute Gasteiger partial charge is 0.223 e. The van der Waals surface area contributed by atoms with E-state index in [1.54, 1.807) is 0 Å². The zero-order valence-corrected chi connectivity index (χ0v) is 12.3. The Labute approximate surface area is 115 Å². The maximum atomic E-state index is 11.9. The monoisotopic (exact) mass is 263 g/mol. The van der Waals surface area contributed by atoms with Crippen LogP contribution in [0.3, 0.4) is 0 Å². The quantitative estimate of drug-likeness (QED) is 0.887. The molecule has 1 N–H and O–H groups in total. The number of carbonyl (C=O) groups excluding carboxylic acids is 1. The summed E-state index contributed by atoms with van der Waals surface area (Å²) in [5, 5.41) is 3.06. The largest absolute Gasteiger partial charge is 0.355 e. The maximum absolute atomic E-state index is 11.9. The number of aromatic nitrogens is 2. The number of carbonyl (C=O) groups is 1. The fourth-order valence-corrected chi connectivity index (χ4v) is 3.02. The molecule has 0 atom stereocenters. The van der Waals surface area contributed by atoms with Crippen LogP contribution in [0.4, 0.5) is 0 Å². The average Bonchev–Trinajstić information content (AvgIpc) is 2.98. The highest BCUT2D eigenvalue weighted by molar-refractivity contribution is 5.78. The fraction of sp³-hybridized carbons (Fsp3) is 0.733. The number of rotatable bonds is 5. The summed E-state index contributed by atoms with van der Waals surface area (Å²) >= 11 is 0. The molecule has 19 heavy (non-hydrogen) atoms. The Morgan fingerprint density at radius 3 is 2.79 bits per heavy atom. The van der Waals surface area contributed by atoms with Gasteiger partial charge in [-0.2, -0.15) is 0 Å². The molecule has 1 saturated carbocycles. The highest BCUT2D eigenvalue weighted by Crippen LogP contribution is 2.24. The summed E-state index contributed by atoms with van der Waals surface area (Å²) in [6, 6.07) is 0.419. The molecule has 106 valence electrons. The zero-order chi connectivity index (χ0) is 13.8. The number of nitrogens with one attached hydrogen (secondary N) is 1. The summed E-state index contributed by atoms with van der Waals surface area (Å²) in [6.07, 6.45) is 7.25. The number of aryl methyl sites for hydroxylation is 1. The second kappa shape index (κ2) is 6.22. The van der Waals surface area contributed by atoms with Gasteiger partial charge < -0.3 is 9.88 Å². The molecular formula is C15H25N3O. The van der Waals surface area contributed by atoms with Gasteiger partial charge in [0.2, 0.25) is 5.91 Å². The van der Waals surface area contributed by atoms with E-state index in [1.807, 2.05) is 6.20 Å². The topological polar surface area (TPSA) is 46.9 Å². The predicted molar refractivity (Wildman–Crippen MR) is 76.0 cm³/mol. The molecule has 1 fully saturated rings. The molecule has 1 amide bonds. The van der Waals surface area contributed by atoms with E-state index in [2.05, 4.69) is 35.6 Å². The lowest BCUT2D eigenvalue weighted by molar-refractivity contribution is -0.124. The van der Waals surface area contributed by atoms with Crippen molar-refractivity contribution >= 4 is 5.91 Å². The number of imidazole rings is 1. The molecule has 0 saturated heterocycles. The summed E-state index contributed by atoms with van der Waals surface area (Å²) in [4.78, 5) is 16.4. The first-order chi connectivity index (χ1) is 9.09. The van der Waals surface area contributed by atoms with Gasteiger partial charge in [-0.1, -0.05) is 12.8 Å². The van der Waals surface area contributed by atoms with Crippen molar-refractivity contribution in [3.63, 3.8) is 0 Å². The summed E-state index contributed by atoms with van der Waals surface area (Å²) in [6.45, 7) is 7.09. The lowest BCUT2D eigenvalue weighted by Crippen LogP contribution is -2.31. The van der Waals surface area contributed by atoms with Crippen LogP contribution in [-0.2, 0) is 11.2 Å². The lowest BCUT2D eigenvalue weighted by Gasteiger charge is -2.15. The van der Waals surface area contributed by atoms with Crippen LogP contribution in [-0.4, -0.2) is 22.0 Å². The van der Waals surface area contributed by atoms with Crippen LogP contribution in [0.15, 0.2) is 6.20 Å². The van der Waals surface area contributed by atoms with Gasteiger partial charge in [-0.25, -0.2) is 4.98 Å². The van der Waals surface area contributed by atoms with Gasteiger partial charge in [0.05, 0.1) is 0 Å². The third-order valence-corrected chi connectivity index (χ3v) is 3.95. The van der Waals surface area contributed by atoms with Crippen molar-refractivity contribution in [3.8, 4) is 0 Å². The highest BCUT2D eigenvalue weighted by atomic mass is 16.1. The van der Waals surface area contributed by atoms with Gasteiger partial charge in [-0.3, -0.25) is 4.79 Å². The van der Waals surface area contributed by atoms with Crippen molar-refractivity contribution < 1.29 is 4.79 Å². The van der Waals surface area contributed by atoms with Crippen LogP contribution < -0.4 is 5.32 Å². The van der Waals surface area contributed by atoms with Crippen LogP contribution in [0.1, 0.15) is 57.1 Å². The summed E-state index contributed by atoms with van der Waals surface area (Å²) in [7, 11) is 0. The van der Waals surface area contributed by atoms with E-state index in [0.29, 0.717) is 12.6 Å². The van der Waals surface area contributed by atoms with Gasteiger partial charge in [0, 0.05) is 36.8 Å². The van der Waals surface area contributed by atoms with Crippen LogP contribution >= 0.6 is 0 Å².